The van der Waals surface area contributed by atoms with Crippen LogP contribution in [-0.4, -0.2) is 15.4 Å². The highest BCUT2D eigenvalue weighted by Gasteiger charge is 2.18. The van der Waals surface area contributed by atoms with Crippen LogP contribution in [0.15, 0.2) is 36.4 Å². The van der Waals surface area contributed by atoms with Crippen LogP contribution in [0.2, 0.25) is 19.1 Å². The van der Waals surface area contributed by atoms with Gasteiger partial charge in [0.05, 0.1) is 0 Å². The van der Waals surface area contributed by atoms with Crippen LogP contribution in [0.4, 0.5) is 0 Å². The van der Waals surface area contributed by atoms with Gasteiger partial charge in [-0.25, -0.2) is 0 Å². The Bertz CT molecular complexity index is 304. The Morgan fingerprint density at radius 2 is 1.87 bits per heavy atom. The summed E-state index contributed by atoms with van der Waals surface area (Å²) < 4.78 is 5.49. The van der Waals surface area contributed by atoms with Crippen LogP contribution in [-0.2, 0) is 4.43 Å². The molecule has 0 bridgehead atoms. The summed E-state index contributed by atoms with van der Waals surface area (Å²) in [5.74, 6) is 0. The maximum atomic E-state index is 5.49. The monoisotopic (exact) mass is 220 g/mol. The molecule has 1 nitrogen and oxygen atoms in total. The highest BCUT2D eigenvalue weighted by atomic mass is 28.4. The van der Waals surface area contributed by atoms with Crippen molar-refractivity contribution in [2.45, 2.75) is 25.6 Å². The van der Waals surface area contributed by atoms with Crippen molar-refractivity contribution in [1.29, 1.82) is 0 Å². The first-order valence-corrected chi connectivity index (χ1v) is 8.52. The molecule has 0 heterocycles. The van der Waals surface area contributed by atoms with Crippen LogP contribution in [0.5, 0.6) is 0 Å². The van der Waals surface area contributed by atoms with Gasteiger partial charge in [0.25, 0.3) is 0 Å². The molecular weight excluding hydrogens is 200 g/mol. The van der Waals surface area contributed by atoms with Gasteiger partial charge in [0.15, 0.2) is 8.32 Å². The van der Waals surface area contributed by atoms with E-state index in [-0.39, 0.29) is 0 Å². The summed E-state index contributed by atoms with van der Waals surface area (Å²) in [7, 11) is 0.460. The van der Waals surface area contributed by atoms with Crippen molar-refractivity contribution in [3.8, 4) is 0 Å². The fraction of sp³-hybridized carbons (Fsp3) is 0.385. The predicted octanol–water partition coefficient (Wildman–Crippen LogP) is 3.94. The van der Waals surface area contributed by atoms with Crippen LogP contribution in [0.3, 0.4) is 0 Å². The number of benzene rings is 1. The van der Waals surface area contributed by atoms with Gasteiger partial charge in [0.2, 0.25) is 0 Å². The van der Waals surface area contributed by atoms with E-state index in [0.717, 1.165) is 6.42 Å². The molecule has 0 unspecified atom stereocenters. The van der Waals surface area contributed by atoms with Crippen molar-refractivity contribution < 1.29 is 4.43 Å². The van der Waals surface area contributed by atoms with Gasteiger partial charge in [-0.1, -0.05) is 42.5 Å². The molecule has 1 rings (SSSR count). The maximum absolute atomic E-state index is 5.49. The molecule has 0 aliphatic rings. The number of rotatable bonds is 5. The highest BCUT2D eigenvalue weighted by molar-refractivity contribution is 6.71. The average Bonchev–Trinajstić information content (AvgIpc) is 2.26. The first kappa shape index (κ1) is 12.2. The molecule has 0 fully saturated rings. The summed E-state index contributed by atoms with van der Waals surface area (Å²) in [6.07, 6.45) is 5.53. The van der Waals surface area contributed by atoms with Crippen LogP contribution in [0, 0.1) is 0 Å². The van der Waals surface area contributed by atoms with E-state index < -0.39 is 8.32 Å². The zero-order chi connectivity index (χ0) is 11.1. The molecule has 0 radical (unpaired) electrons. The zero-order valence-electron chi connectivity index (χ0n) is 9.86. The lowest BCUT2D eigenvalue weighted by molar-refractivity contribution is 0.403. The predicted molar refractivity (Wildman–Crippen MR) is 69.4 cm³/mol. The van der Waals surface area contributed by atoms with Gasteiger partial charge in [-0.3, -0.25) is 0 Å². The third-order valence-corrected chi connectivity index (χ3v) is 5.17. The largest absolute Gasteiger partial charge is 0.420 e. The number of hydrogen-bond donors (Lipinski definition) is 0. The topological polar surface area (TPSA) is 9.23 Å². The van der Waals surface area contributed by atoms with E-state index in [0.29, 0.717) is 0 Å². The lowest BCUT2D eigenvalue weighted by Gasteiger charge is -2.18. The molecule has 0 aliphatic carbocycles. The molecule has 82 valence electrons. The van der Waals surface area contributed by atoms with E-state index >= 15 is 0 Å². The van der Waals surface area contributed by atoms with Crippen molar-refractivity contribution in [2.75, 3.05) is 7.11 Å². The maximum Gasteiger partial charge on any atom is 0.186 e. The van der Waals surface area contributed by atoms with E-state index in [1.54, 1.807) is 0 Å². The summed E-state index contributed by atoms with van der Waals surface area (Å²) in [6, 6.07) is 11.6. The molecule has 0 N–H and O–H groups in total. The molecule has 1 aromatic rings. The third kappa shape index (κ3) is 4.95. The van der Waals surface area contributed by atoms with Gasteiger partial charge in [-0.05, 0) is 31.1 Å². The first-order valence-electron chi connectivity index (χ1n) is 5.41. The Balaban J connectivity index is 2.35. The first-order chi connectivity index (χ1) is 7.14. The van der Waals surface area contributed by atoms with Crippen LogP contribution in [0.1, 0.15) is 12.0 Å². The van der Waals surface area contributed by atoms with Crippen LogP contribution >= 0.6 is 0 Å². The van der Waals surface area contributed by atoms with Crippen LogP contribution < -0.4 is 0 Å². The van der Waals surface area contributed by atoms with Gasteiger partial charge in [0, 0.05) is 7.11 Å². The molecule has 0 saturated carbocycles. The minimum atomic E-state index is -1.37. The van der Waals surface area contributed by atoms with E-state index in [9.17, 15) is 0 Å². The van der Waals surface area contributed by atoms with Crippen molar-refractivity contribution in [1.82, 2.24) is 0 Å². The molecule has 15 heavy (non-hydrogen) atoms. The minimum absolute atomic E-state index is 1.11. The Kier molecular flexibility index (Phi) is 4.79. The van der Waals surface area contributed by atoms with Gasteiger partial charge in [-0.2, -0.15) is 0 Å². The van der Waals surface area contributed by atoms with Crippen LogP contribution in [0.25, 0.3) is 6.08 Å². The Morgan fingerprint density at radius 1 is 1.20 bits per heavy atom. The van der Waals surface area contributed by atoms with Crippen molar-refractivity contribution >= 4 is 14.4 Å². The highest BCUT2D eigenvalue weighted by Crippen LogP contribution is 2.13. The molecule has 0 atom stereocenters. The van der Waals surface area contributed by atoms with E-state index in [1.807, 2.05) is 13.2 Å². The van der Waals surface area contributed by atoms with Gasteiger partial charge in [0.1, 0.15) is 0 Å². The summed E-state index contributed by atoms with van der Waals surface area (Å²) in [5, 5.41) is 0. The van der Waals surface area contributed by atoms with E-state index in [1.165, 1.54) is 11.6 Å². The summed E-state index contributed by atoms with van der Waals surface area (Å²) >= 11 is 0. The Labute approximate surface area is 93.9 Å². The van der Waals surface area contributed by atoms with Crippen molar-refractivity contribution in [3.05, 3.63) is 42.0 Å². The molecule has 0 amide bonds. The lowest BCUT2D eigenvalue weighted by atomic mass is 10.2. The molecule has 2 heteroatoms. The van der Waals surface area contributed by atoms with Crippen molar-refractivity contribution in [3.63, 3.8) is 0 Å². The SMILES string of the molecule is CO[Si](C)(C)CCC=Cc1ccccc1. The molecular formula is C13H20OSi. The summed E-state index contributed by atoms with van der Waals surface area (Å²) in [6.45, 7) is 4.51. The molecule has 0 saturated heterocycles. The molecule has 0 aromatic heterocycles. The molecule has 0 spiro atoms. The second kappa shape index (κ2) is 5.88. The summed E-state index contributed by atoms with van der Waals surface area (Å²) in [4.78, 5) is 0. The van der Waals surface area contributed by atoms with Gasteiger partial charge in [-0.15, -0.1) is 0 Å². The fourth-order valence-electron chi connectivity index (χ4n) is 1.32. The minimum Gasteiger partial charge on any atom is -0.420 e. The average molecular weight is 220 g/mol. The van der Waals surface area contributed by atoms with E-state index in [2.05, 4.69) is 49.5 Å². The number of hydrogen-bond acceptors (Lipinski definition) is 1. The molecule has 0 aliphatic heterocycles. The standard InChI is InChI=1S/C13H20OSi/c1-14-15(2,3)12-8-7-11-13-9-5-4-6-10-13/h4-7,9-11H,8,12H2,1-3H3. The Hall–Kier alpha value is -0.863. The van der Waals surface area contributed by atoms with E-state index in [4.69, 9.17) is 4.43 Å². The second-order valence-electron chi connectivity index (χ2n) is 4.32. The number of allylic oxidation sites excluding steroid dienone is 1. The summed E-state index contributed by atoms with van der Waals surface area (Å²) in [5.41, 5.74) is 1.27. The zero-order valence-corrected chi connectivity index (χ0v) is 10.9. The second-order valence-corrected chi connectivity index (χ2v) is 8.74. The van der Waals surface area contributed by atoms with Gasteiger partial charge < -0.3 is 4.43 Å². The normalized spacial score (nSPS) is 12.2. The Morgan fingerprint density at radius 3 is 2.47 bits per heavy atom. The molecule has 1 aromatic carbocycles. The smallest absolute Gasteiger partial charge is 0.186 e. The lowest BCUT2D eigenvalue weighted by Crippen LogP contribution is -2.27. The third-order valence-electron chi connectivity index (χ3n) is 2.58. The quantitative estimate of drug-likeness (QED) is 0.683. The van der Waals surface area contributed by atoms with Gasteiger partial charge >= 0.3 is 0 Å². The van der Waals surface area contributed by atoms with Crippen molar-refractivity contribution in [2.24, 2.45) is 0 Å². The fourth-order valence-corrected chi connectivity index (χ4v) is 2.38.